The molecule has 0 radical (unpaired) electrons. The van der Waals surface area contributed by atoms with E-state index in [0.29, 0.717) is 0 Å². The van der Waals surface area contributed by atoms with Crippen LogP contribution in [0.1, 0.15) is 47.2 Å². The molecule has 0 aromatic heterocycles. The molecule has 1 aliphatic carbocycles. The molecule has 0 aliphatic heterocycles. The Morgan fingerprint density at radius 3 is 2.28 bits per heavy atom. The number of carbonyl (C=O) groups excluding carboxylic acids is 1. The standard InChI is InChI=1S/C15H20BrNO/c1-11-7-12(2)9-13(8-11)14(18)17-15(10-16)5-3-4-6-15/h7-9H,3-6,10H2,1-2H3,(H,17,18). The summed E-state index contributed by atoms with van der Waals surface area (Å²) in [6, 6.07) is 6.00. The van der Waals surface area contributed by atoms with Crippen molar-refractivity contribution >= 4 is 21.8 Å². The van der Waals surface area contributed by atoms with Crippen LogP contribution in [0.4, 0.5) is 0 Å². The molecule has 0 unspecified atom stereocenters. The number of hydrogen-bond donors (Lipinski definition) is 1. The Balaban J connectivity index is 2.16. The van der Waals surface area contributed by atoms with Crippen LogP contribution < -0.4 is 5.32 Å². The van der Waals surface area contributed by atoms with E-state index in [-0.39, 0.29) is 11.4 Å². The monoisotopic (exact) mass is 309 g/mol. The summed E-state index contributed by atoms with van der Waals surface area (Å²) in [5.74, 6) is 0.0585. The second-order valence-corrected chi connectivity index (χ2v) is 6.01. The van der Waals surface area contributed by atoms with Gasteiger partial charge in [-0.2, -0.15) is 0 Å². The number of nitrogens with one attached hydrogen (secondary N) is 1. The van der Waals surface area contributed by atoms with E-state index < -0.39 is 0 Å². The van der Waals surface area contributed by atoms with Gasteiger partial charge in [0, 0.05) is 10.9 Å². The van der Waals surface area contributed by atoms with Crippen LogP contribution in [0.25, 0.3) is 0 Å². The van der Waals surface area contributed by atoms with Crippen molar-refractivity contribution in [2.45, 2.75) is 45.1 Å². The minimum Gasteiger partial charge on any atom is -0.346 e. The van der Waals surface area contributed by atoms with Crippen molar-refractivity contribution < 1.29 is 4.79 Å². The predicted molar refractivity (Wildman–Crippen MR) is 78.4 cm³/mol. The number of benzene rings is 1. The van der Waals surface area contributed by atoms with Crippen molar-refractivity contribution in [3.63, 3.8) is 0 Å². The molecule has 0 spiro atoms. The molecule has 0 heterocycles. The maximum atomic E-state index is 12.3. The van der Waals surface area contributed by atoms with Crippen LogP contribution in [0.5, 0.6) is 0 Å². The number of aryl methyl sites for hydroxylation is 2. The minimum atomic E-state index is -0.0330. The SMILES string of the molecule is Cc1cc(C)cc(C(=O)NC2(CBr)CCCC2)c1. The second-order valence-electron chi connectivity index (χ2n) is 5.45. The van der Waals surface area contributed by atoms with E-state index in [9.17, 15) is 4.79 Å². The second kappa shape index (κ2) is 5.43. The third-order valence-corrected chi connectivity index (χ3v) is 4.75. The van der Waals surface area contributed by atoms with E-state index in [2.05, 4.69) is 27.3 Å². The van der Waals surface area contributed by atoms with Crippen molar-refractivity contribution in [1.29, 1.82) is 0 Å². The third kappa shape index (κ3) is 2.94. The van der Waals surface area contributed by atoms with Gasteiger partial charge in [-0.05, 0) is 38.8 Å². The Morgan fingerprint density at radius 2 is 1.78 bits per heavy atom. The average Bonchev–Trinajstić information content (AvgIpc) is 2.77. The fourth-order valence-electron chi connectivity index (χ4n) is 2.76. The molecule has 1 amide bonds. The van der Waals surface area contributed by atoms with Crippen molar-refractivity contribution in [2.24, 2.45) is 0 Å². The molecular weight excluding hydrogens is 290 g/mol. The Hall–Kier alpha value is -0.830. The van der Waals surface area contributed by atoms with E-state index in [0.717, 1.165) is 34.9 Å². The summed E-state index contributed by atoms with van der Waals surface area (Å²) in [5.41, 5.74) is 3.02. The van der Waals surface area contributed by atoms with Gasteiger partial charge in [0.25, 0.3) is 5.91 Å². The Kier molecular flexibility index (Phi) is 4.10. The number of halogens is 1. The van der Waals surface area contributed by atoms with Gasteiger partial charge in [-0.25, -0.2) is 0 Å². The fourth-order valence-corrected chi connectivity index (χ4v) is 3.46. The summed E-state index contributed by atoms with van der Waals surface area (Å²) in [4.78, 5) is 12.3. The van der Waals surface area contributed by atoms with Crippen LogP contribution >= 0.6 is 15.9 Å². The molecule has 0 atom stereocenters. The third-order valence-electron chi connectivity index (χ3n) is 3.68. The lowest BCUT2D eigenvalue weighted by Crippen LogP contribution is -2.47. The van der Waals surface area contributed by atoms with Gasteiger partial charge >= 0.3 is 0 Å². The molecule has 1 aromatic rings. The molecule has 1 aromatic carbocycles. The molecular formula is C15H20BrNO. The van der Waals surface area contributed by atoms with E-state index in [1.807, 2.05) is 26.0 Å². The summed E-state index contributed by atoms with van der Waals surface area (Å²) in [6.45, 7) is 4.05. The van der Waals surface area contributed by atoms with Gasteiger partial charge in [0.1, 0.15) is 0 Å². The molecule has 2 nitrogen and oxygen atoms in total. The minimum absolute atomic E-state index is 0.0330. The molecule has 1 fully saturated rings. The first kappa shape index (κ1) is 13.6. The Bertz CT molecular complexity index is 430. The number of alkyl halides is 1. The fraction of sp³-hybridized carbons (Fsp3) is 0.533. The first-order chi connectivity index (χ1) is 8.54. The molecule has 0 saturated heterocycles. The topological polar surface area (TPSA) is 29.1 Å². The number of hydrogen-bond acceptors (Lipinski definition) is 1. The molecule has 98 valence electrons. The maximum absolute atomic E-state index is 12.3. The van der Waals surface area contributed by atoms with Gasteiger partial charge in [0.05, 0.1) is 5.54 Å². The summed E-state index contributed by atoms with van der Waals surface area (Å²) in [5, 5.41) is 4.07. The lowest BCUT2D eigenvalue weighted by Gasteiger charge is -2.28. The lowest BCUT2D eigenvalue weighted by atomic mass is 9.99. The summed E-state index contributed by atoms with van der Waals surface area (Å²) in [7, 11) is 0. The molecule has 3 heteroatoms. The highest BCUT2D eigenvalue weighted by molar-refractivity contribution is 9.09. The van der Waals surface area contributed by atoms with E-state index in [4.69, 9.17) is 0 Å². The molecule has 1 aliphatic rings. The number of rotatable bonds is 3. The van der Waals surface area contributed by atoms with Gasteiger partial charge in [0.15, 0.2) is 0 Å². The van der Waals surface area contributed by atoms with Crippen LogP contribution in [0.2, 0.25) is 0 Å². The van der Waals surface area contributed by atoms with E-state index in [1.165, 1.54) is 12.8 Å². The van der Waals surface area contributed by atoms with Crippen molar-refractivity contribution in [1.82, 2.24) is 5.32 Å². The first-order valence-electron chi connectivity index (χ1n) is 6.51. The average molecular weight is 310 g/mol. The maximum Gasteiger partial charge on any atom is 0.251 e. The van der Waals surface area contributed by atoms with Crippen molar-refractivity contribution in [3.05, 3.63) is 34.9 Å². The molecule has 1 N–H and O–H groups in total. The van der Waals surface area contributed by atoms with Crippen molar-refractivity contribution in [3.8, 4) is 0 Å². The zero-order chi connectivity index (χ0) is 13.2. The van der Waals surface area contributed by atoms with Crippen LogP contribution in [-0.2, 0) is 0 Å². The number of carbonyl (C=O) groups is 1. The van der Waals surface area contributed by atoms with E-state index in [1.54, 1.807) is 0 Å². The zero-order valence-corrected chi connectivity index (χ0v) is 12.6. The predicted octanol–water partition coefficient (Wildman–Crippen LogP) is 3.74. The largest absolute Gasteiger partial charge is 0.346 e. The highest BCUT2D eigenvalue weighted by Gasteiger charge is 2.34. The van der Waals surface area contributed by atoms with Gasteiger partial charge in [0.2, 0.25) is 0 Å². The van der Waals surface area contributed by atoms with E-state index >= 15 is 0 Å². The van der Waals surface area contributed by atoms with Crippen LogP contribution in [0, 0.1) is 13.8 Å². The molecule has 0 bridgehead atoms. The summed E-state index contributed by atoms with van der Waals surface area (Å²) >= 11 is 3.55. The van der Waals surface area contributed by atoms with Gasteiger partial charge in [-0.1, -0.05) is 46.0 Å². The van der Waals surface area contributed by atoms with Crippen molar-refractivity contribution in [2.75, 3.05) is 5.33 Å². The van der Waals surface area contributed by atoms with Gasteiger partial charge in [-0.3, -0.25) is 4.79 Å². The summed E-state index contributed by atoms with van der Waals surface area (Å²) in [6.07, 6.45) is 4.57. The van der Waals surface area contributed by atoms with Crippen LogP contribution in [0.3, 0.4) is 0 Å². The lowest BCUT2D eigenvalue weighted by molar-refractivity contribution is 0.0910. The highest BCUT2D eigenvalue weighted by Crippen LogP contribution is 2.31. The normalized spacial score (nSPS) is 17.7. The Morgan fingerprint density at radius 1 is 1.22 bits per heavy atom. The quantitative estimate of drug-likeness (QED) is 0.847. The smallest absolute Gasteiger partial charge is 0.251 e. The number of amides is 1. The Labute approximate surface area is 117 Å². The van der Waals surface area contributed by atoms with Crippen LogP contribution in [0.15, 0.2) is 18.2 Å². The van der Waals surface area contributed by atoms with Gasteiger partial charge in [-0.15, -0.1) is 0 Å². The van der Waals surface area contributed by atoms with Gasteiger partial charge < -0.3 is 5.32 Å². The van der Waals surface area contributed by atoms with Crippen LogP contribution in [-0.4, -0.2) is 16.8 Å². The zero-order valence-electron chi connectivity index (χ0n) is 11.1. The first-order valence-corrected chi connectivity index (χ1v) is 7.64. The molecule has 2 rings (SSSR count). The molecule has 1 saturated carbocycles. The summed E-state index contributed by atoms with van der Waals surface area (Å²) < 4.78 is 0. The highest BCUT2D eigenvalue weighted by atomic mass is 79.9. The molecule has 18 heavy (non-hydrogen) atoms.